The maximum Gasteiger partial charge on any atom is 0.188 e. The first-order valence-corrected chi connectivity index (χ1v) is 7.14. The van der Waals surface area contributed by atoms with Crippen molar-refractivity contribution in [3.63, 3.8) is 0 Å². The number of ether oxygens (including phenoxy) is 1. The quantitative estimate of drug-likeness (QED) is 0.447. The van der Waals surface area contributed by atoms with Gasteiger partial charge in [-0.3, -0.25) is 0 Å². The van der Waals surface area contributed by atoms with Gasteiger partial charge in [-0.05, 0) is 45.7 Å². The Bertz CT molecular complexity index is 467. The van der Waals surface area contributed by atoms with Crippen molar-refractivity contribution in [1.82, 2.24) is 5.32 Å². The largest absolute Gasteiger partial charge is 0.488 e. The van der Waals surface area contributed by atoms with E-state index in [4.69, 9.17) is 10.5 Å². The van der Waals surface area contributed by atoms with Crippen LogP contribution in [0.15, 0.2) is 23.2 Å². The lowest BCUT2D eigenvalue weighted by atomic mass is 10.1. The van der Waals surface area contributed by atoms with Crippen molar-refractivity contribution in [2.24, 2.45) is 10.7 Å². The number of aryl methyl sites for hydroxylation is 1. The van der Waals surface area contributed by atoms with Gasteiger partial charge in [-0.1, -0.05) is 19.1 Å². The first-order chi connectivity index (χ1) is 9.31. The fourth-order valence-electron chi connectivity index (χ4n) is 1.70. The molecule has 3 N–H and O–H groups in total. The molecule has 0 fully saturated rings. The number of benzene rings is 1. The van der Waals surface area contributed by atoms with E-state index in [0.717, 1.165) is 24.3 Å². The van der Waals surface area contributed by atoms with Gasteiger partial charge in [0.2, 0.25) is 0 Å². The standard InChI is InChI=1S/C16H27N3O.HI/c1-6-9-18-15(17)19-11-13-8-7-12(2)10-14(13)20-16(3,4)5;/h7-8,10H,6,9,11H2,1-5H3,(H3,17,18,19);1H. The summed E-state index contributed by atoms with van der Waals surface area (Å²) in [4.78, 5) is 4.36. The molecule has 0 spiro atoms. The lowest BCUT2D eigenvalue weighted by molar-refractivity contribution is 0.129. The van der Waals surface area contributed by atoms with E-state index in [1.165, 1.54) is 5.56 Å². The van der Waals surface area contributed by atoms with Crippen LogP contribution >= 0.6 is 24.0 Å². The third kappa shape index (κ3) is 8.14. The molecule has 1 aromatic rings. The van der Waals surface area contributed by atoms with Crippen molar-refractivity contribution in [3.8, 4) is 5.75 Å². The highest BCUT2D eigenvalue weighted by molar-refractivity contribution is 14.0. The topological polar surface area (TPSA) is 59.6 Å². The van der Waals surface area contributed by atoms with E-state index in [2.05, 4.69) is 30.2 Å². The molecule has 0 heterocycles. The predicted molar refractivity (Wildman–Crippen MR) is 101 cm³/mol. The van der Waals surface area contributed by atoms with Crippen LogP contribution in [0.3, 0.4) is 0 Å². The van der Waals surface area contributed by atoms with Crippen molar-refractivity contribution in [3.05, 3.63) is 29.3 Å². The molecule has 0 aromatic heterocycles. The van der Waals surface area contributed by atoms with Gasteiger partial charge in [0, 0.05) is 12.1 Å². The molecule has 120 valence electrons. The Morgan fingerprint density at radius 1 is 1.33 bits per heavy atom. The van der Waals surface area contributed by atoms with Gasteiger partial charge in [-0.2, -0.15) is 0 Å². The van der Waals surface area contributed by atoms with E-state index in [0.29, 0.717) is 12.5 Å². The summed E-state index contributed by atoms with van der Waals surface area (Å²) in [6, 6.07) is 6.16. The minimum Gasteiger partial charge on any atom is -0.488 e. The second-order valence-electron chi connectivity index (χ2n) is 5.95. The van der Waals surface area contributed by atoms with Gasteiger partial charge in [0.25, 0.3) is 0 Å². The summed E-state index contributed by atoms with van der Waals surface area (Å²) < 4.78 is 6.00. The van der Waals surface area contributed by atoms with E-state index in [9.17, 15) is 0 Å². The summed E-state index contributed by atoms with van der Waals surface area (Å²) in [6.07, 6.45) is 1.03. The van der Waals surface area contributed by atoms with Crippen molar-refractivity contribution in [2.75, 3.05) is 6.54 Å². The molecule has 4 nitrogen and oxygen atoms in total. The minimum atomic E-state index is -0.224. The van der Waals surface area contributed by atoms with E-state index < -0.39 is 0 Å². The molecule has 0 saturated carbocycles. The van der Waals surface area contributed by atoms with Crippen LogP contribution in [0.4, 0.5) is 0 Å². The normalized spacial score (nSPS) is 11.8. The fraction of sp³-hybridized carbons (Fsp3) is 0.562. The average molecular weight is 405 g/mol. The highest BCUT2D eigenvalue weighted by Crippen LogP contribution is 2.25. The molecule has 21 heavy (non-hydrogen) atoms. The van der Waals surface area contributed by atoms with Crippen molar-refractivity contribution < 1.29 is 4.74 Å². The zero-order chi connectivity index (χ0) is 15.2. The van der Waals surface area contributed by atoms with Gasteiger partial charge < -0.3 is 15.8 Å². The van der Waals surface area contributed by atoms with Gasteiger partial charge in [-0.25, -0.2) is 4.99 Å². The number of hydrogen-bond donors (Lipinski definition) is 2. The number of guanidine groups is 1. The second-order valence-corrected chi connectivity index (χ2v) is 5.95. The molecule has 0 saturated heterocycles. The number of halogens is 1. The predicted octanol–water partition coefficient (Wildman–Crippen LogP) is 3.60. The summed E-state index contributed by atoms with van der Waals surface area (Å²) in [6.45, 7) is 11.6. The molecular formula is C16H28IN3O. The van der Waals surface area contributed by atoms with E-state index in [-0.39, 0.29) is 29.6 Å². The summed E-state index contributed by atoms with van der Waals surface area (Å²) in [7, 11) is 0. The van der Waals surface area contributed by atoms with Crippen molar-refractivity contribution in [2.45, 2.75) is 53.2 Å². The zero-order valence-corrected chi connectivity index (χ0v) is 16.0. The van der Waals surface area contributed by atoms with Crippen LogP contribution in [0.25, 0.3) is 0 Å². The highest BCUT2D eigenvalue weighted by Gasteiger charge is 2.14. The minimum absolute atomic E-state index is 0. The van der Waals surface area contributed by atoms with Crippen LogP contribution in [0.2, 0.25) is 0 Å². The van der Waals surface area contributed by atoms with Crippen molar-refractivity contribution >= 4 is 29.9 Å². The lowest BCUT2D eigenvalue weighted by Crippen LogP contribution is -2.32. The summed E-state index contributed by atoms with van der Waals surface area (Å²) >= 11 is 0. The van der Waals surface area contributed by atoms with Crippen LogP contribution in [0.1, 0.15) is 45.2 Å². The van der Waals surface area contributed by atoms with E-state index in [1.54, 1.807) is 0 Å². The average Bonchev–Trinajstić information content (AvgIpc) is 2.33. The second kappa shape index (κ2) is 9.12. The number of nitrogens with two attached hydrogens (primary N) is 1. The third-order valence-electron chi connectivity index (χ3n) is 2.61. The first-order valence-electron chi connectivity index (χ1n) is 7.14. The first kappa shape index (κ1) is 20.0. The molecule has 0 aliphatic rings. The van der Waals surface area contributed by atoms with Gasteiger partial charge in [0.05, 0.1) is 6.54 Å². The van der Waals surface area contributed by atoms with Gasteiger partial charge in [-0.15, -0.1) is 24.0 Å². The Labute approximate surface area is 145 Å². The fourth-order valence-corrected chi connectivity index (χ4v) is 1.70. The Kier molecular flexibility index (Phi) is 8.70. The Morgan fingerprint density at radius 2 is 2.00 bits per heavy atom. The van der Waals surface area contributed by atoms with Crippen LogP contribution in [0.5, 0.6) is 5.75 Å². The monoisotopic (exact) mass is 405 g/mol. The summed E-state index contributed by atoms with van der Waals surface area (Å²) in [5, 5.41) is 3.07. The molecule has 0 atom stereocenters. The van der Waals surface area contributed by atoms with Crippen LogP contribution < -0.4 is 15.8 Å². The molecule has 1 rings (SSSR count). The molecule has 0 unspecified atom stereocenters. The number of rotatable bonds is 5. The van der Waals surface area contributed by atoms with Crippen molar-refractivity contribution in [1.29, 1.82) is 0 Å². The van der Waals surface area contributed by atoms with Gasteiger partial charge in [0.15, 0.2) is 5.96 Å². The molecule has 0 bridgehead atoms. The maximum absolute atomic E-state index is 6.00. The van der Waals surface area contributed by atoms with Crippen LogP contribution in [0, 0.1) is 6.92 Å². The van der Waals surface area contributed by atoms with Crippen LogP contribution in [-0.4, -0.2) is 18.1 Å². The van der Waals surface area contributed by atoms with E-state index >= 15 is 0 Å². The smallest absolute Gasteiger partial charge is 0.188 e. The molecule has 0 aliphatic heterocycles. The number of nitrogens with zero attached hydrogens (tertiary/aromatic N) is 1. The number of hydrogen-bond acceptors (Lipinski definition) is 2. The molecule has 0 amide bonds. The SMILES string of the molecule is CCCNC(N)=NCc1ccc(C)cc1OC(C)(C)C.I. The lowest BCUT2D eigenvalue weighted by Gasteiger charge is -2.23. The number of nitrogens with one attached hydrogen (secondary N) is 1. The maximum atomic E-state index is 6.00. The number of aliphatic imine (C=N–C) groups is 1. The third-order valence-corrected chi connectivity index (χ3v) is 2.61. The summed E-state index contributed by atoms with van der Waals surface area (Å²) in [5.74, 6) is 1.36. The molecule has 0 aliphatic carbocycles. The molecular weight excluding hydrogens is 377 g/mol. The molecule has 1 aromatic carbocycles. The Morgan fingerprint density at radius 3 is 2.57 bits per heavy atom. The van der Waals surface area contributed by atoms with E-state index in [1.807, 2.05) is 32.9 Å². The highest BCUT2D eigenvalue weighted by atomic mass is 127. The Balaban J connectivity index is 0.00000400. The molecule has 0 radical (unpaired) electrons. The Hall–Kier alpha value is -0.980. The van der Waals surface area contributed by atoms with Crippen LogP contribution in [-0.2, 0) is 6.54 Å². The summed E-state index contributed by atoms with van der Waals surface area (Å²) in [5.41, 5.74) is 7.81. The van der Waals surface area contributed by atoms with Gasteiger partial charge >= 0.3 is 0 Å². The van der Waals surface area contributed by atoms with Gasteiger partial charge in [0.1, 0.15) is 11.4 Å². The zero-order valence-electron chi connectivity index (χ0n) is 13.7. The molecule has 5 heteroatoms.